The molecule has 0 amide bonds. The summed E-state index contributed by atoms with van der Waals surface area (Å²) >= 11 is 6.34. The number of nitrogens with zero attached hydrogens (tertiary/aromatic N) is 4. The Balaban J connectivity index is 0.000000861. The molecular weight excluding hydrogens is 262 g/mol. The van der Waals surface area contributed by atoms with Gasteiger partial charge in [0, 0.05) is 33.7 Å². The van der Waals surface area contributed by atoms with Crippen molar-refractivity contribution in [3.8, 4) is 0 Å². The predicted octanol–water partition coefficient (Wildman–Crippen LogP) is 2.29. The van der Waals surface area contributed by atoms with E-state index in [1.807, 2.05) is 32.6 Å². The summed E-state index contributed by atoms with van der Waals surface area (Å²) in [5.41, 5.74) is 1.61. The maximum atomic E-state index is 7.96. The van der Waals surface area contributed by atoms with Crippen molar-refractivity contribution in [2.45, 2.75) is 33.4 Å². The van der Waals surface area contributed by atoms with Crippen molar-refractivity contribution in [1.82, 2.24) is 19.6 Å². The Bertz CT molecular complexity index is 438. The maximum Gasteiger partial charge on any atom is 0.150 e. The third-order valence-electron chi connectivity index (χ3n) is 2.99. The Labute approximate surface area is 120 Å². The first-order chi connectivity index (χ1) is 9.00. The lowest BCUT2D eigenvalue weighted by atomic mass is 10.3. The molecule has 0 aliphatic carbocycles. The summed E-state index contributed by atoms with van der Waals surface area (Å²) in [4.78, 5) is 3.95. The third kappa shape index (κ3) is 3.48. The average molecular weight is 286 g/mol. The minimum Gasteiger partial charge on any atom is -0.361 e. The minimum absolute atomic E-state index is 0.359. The molecule has 0 aromatic carbocycles. The number of halogens is 1. The zero-order valence-corrected chi connectivity index (χ0v) is 13.3. The van der Waals surface area contributed by atoms with Crippen LogP contribution in [0.5, 0.6) is 0 Å². The van der Waals surface area contributed by atoms with E-state index in [1.54, 1.807) is 4.90 Å². The molecule has 0 unspecified atom stereocenters. The van der Waals surface area contributed by atoms with Crippen LogP contribution in [0, 0.1) is 5.41 Å². The molecule has 2 heterocycles. The van der Waals surface area contributed by atoms with Crippen LogP contribution in [0.3, 0.4) is 0 Å². The standard InChI is InChI=1S/C11H18ClN5.C2H6/c1-15(2)11(13)10-9(12)8-7-16(3)5-4-6-17(8)14-10;1-2/h13H,4-7H2,1-3H3;1-2H3. The van der Waals surface area contributed by atoms with Gasteiger partial charge in [0.25, 0.3) is 0 Å². The first-order valence-electron chi connectivity index (χ1n) is 6.70. The number of aromatic nitrogens is 2. The highest BCUT2D eigenvalue weighted by atomic mass is 35.5. The van der Waals surface area contributed by atoms with Crippen molar-refractivity contribution >= 4 is 17.4 Å². The summed E-state index contributed by atoms with van der Waals surface area (Å²) < 4.78 is 1.94. The fourth-order valence-corrected chi connectivity index (χ4v) is 2.28. The highest BCUT2D eigenvalue weighted by Gasteiger charge is 2.22. The average Bonchev–Trinajstić information content (AvgIpc) is 2.58. The smallest absolute Gasteiger partial charge is 0.150 e. The molecule has 2 rings (SSSR count). The molecule has 19 heavy (non-hydrogen) atoms. The van der Waals surface area contributed by atoms with E-state index >= 15 is 0 Å². The number of amidine groups is 1. The second-order valence-corrected chi connectivity index (χ2v) is 5.04. The summed E-state index contributed by atoms with van der Waals surface area (Å²) in [7, 11) is 5.74. The Morgan fingerprint density at radius 2 is 1.95 bits per heavy atom. The lowest BCUT2D eigenvalue weighted by molar-refractivity contribution is 0.332. The number of nitrogens with one attached hydrogen (secondary N) is 1. The van der Waals surface area contributed by atoms with Gasteiger partial charge in [0.05, 0.1) is 10.7 Å². The molecule has 1 N–H and O–H groups in total. The highest BCUT2D eigenvalue weighted by Crippen LogP contribution is 2.25. The van der Waals surface area contributed by atoms with Crippen LogP contribution in [0.15, 0.2) is 0 Å². The Morgan fingerprint density at radius 1 is 1.32 bits per heavy atom. The van der Waals surface area contributed by atoms with Gasteiger partial charge in [0.2, 0.25) is 0 Å². The van der Waals surface area contributed by atoms with Gasteiger partial charge in [-0.3, -0.25) is 10.1 Å². The largest absolute Gasteiger partial charge is 0.361 e. The fourth-order valence-electron chi connectivity index (χ4n) is 2.00. The van der Waals surface area contributed by atoms with Crippen LogP contribution in [0.1, 0.15) is 31.7 Å². The Kier molecular flexibility index (Phi) is 5.82. The summed E-state index contributed by atoms with van der Waals surface area (Å²) in [5.74, 6) is 0.359. The van der Waals surface area contributed by atoms with Gasteiger partial charge in [-0.1, -0.05) is 25.4 Å². The molecule has 0 fully saturated rings. The van der Waals surface area contributed by atoms with Crippen LogP contribution < -0.4 is 0 Å². The molecule has 0 saturated heterocycles. The summed E-state index contributed by atoms with van der Waals surface area (Å²) in [6.45, 7) is 6.73. The van der Waals surface area contributed by atoms with E-state index in [9.17, 15) is 0 Å². The van der Waals surface area contributed by atoms with E-state index < -0.39 is 0 Å². The van der Waals surface area contributed by atoms with Crippen molar-refractivity contribution in [2.75, 3.05) is 27.7 Å². The van der Waals surface area contributed by atoms with Gasteiger partial charge in [-0.2, -0.15) is 5.10 Å². The zero-order valence-electron chi connectivity index (χ0n) is 12.5. The second-order valence-electron chi connectivity index (χ2n) is 4.67. The van der Waals surface area contributed by atoms with Gasteiger partial charge >= 0.3 is 0 Å². The predicted molar refractivity (Wildman–Crippen MR) is 80.1 cm³/mol. The summed E-state index contributed by atoms with van der Waals surface area (Å²) in [6, 6.07) is 0. The SMILES string of the molecule is CC.CN1CCCn2nc(C(=N)N(C)C)c(Cl)c2C1. The summed E-state index contributed by atoms with van der Waals surface area (Å²) in [5, 5.41) is 13.0. The second kappa shape index (κ2) is 6.91. The quantitative estimate of drug-likeness (QED) is 0.636. The molecule has 1 aromatic heterocycles. The molecular formula is C13H24ClN5. The molecule has 0 spiro atoms. The van der Waals surface area contributed by atoms with Crippen LogP contribution in [-0.4, -0.2) is 53.1 Å². The maximum absolute atomic E-state index is 7.96. The van der Waals surface area contributed by atoms with Gasteiger partial charge < -0.3 is 9.80 Å². The first-order valence-corrected chi connectivity index (χ1v) is 7.08. The van der Waals surface area contributed by atoms with Gasteiger partial charge in [-0.05, 0) is 13.5 Å². The summed E-state index contributed by atoms with van der Waals surface area (Å²) in [6.07, 6.45) is 1.07. The van der Waals surface area contributed by atoms with E-state index in [0.29, 0.717) is 16.6 Å². The highest BCUT2D eigenvalue weighted by molar-refractivity contribution is 6.34. The van der Waals surface area contributed by atoms with Crippen molar-refractivity contribution in [3.63, 3.8) is 0 Å². The Morgan fingerprint density at radius 3 is 2.53 bits per heavy atom. The van der Waals surface area contributed by atoms with E-state index in [0.717, 1.165) is 31.7 Å². The molecule has 6 heteroatoms. The fraction of sp³-hybridized carbons (Fsp3) is 0.692. The topological polar surface area (TPSA) is 48.2 Å². The monoisotopic (exact) mass is 285 g/mol. The molecule has 5 nitrogen and oxygen atoms in total. The number of fused-ring (bicyclic) bond motifs is 1. The number of hydrogen-bond donors (Lipinski definition) is 1. The molecule has 0 bridgehead atoms. The number of hydrogen-bond acceptors (Lipinski definition) is 3. The van der Waals surface area contributed by atoms with Crippen molar-refractivity contribution in [3.05, 3.63) is 16.4 Å². The van der Waals surface area contributed by atoms with Crippen LogP contribution in [-0.2, 0) is 13.1 Å². The molecule has 0 atom stereocenters. The number of aryl methyl sites for hydroxylation is 1. The molecule has 1 aliphatic rings. The van der Waals surface area contributed by atoms with Crippen molar-refractivity contribution in [1.29, 1.82) is 5.41 Å². The van der Waals surface area contributed by atoms with Crippen LogP contribution in [0.25, 0.3) is 0 Å². The lowest BCUT2D eigenvalue weighted by Crippen LogP contribution is -2.23. The van der Waals surface area contributed by atoms with E-state index in [-0.39, 0.29) is 0 Å². The zero-order chi connectivity index (χ0) is 14.6. The number of rotatable bonds is 1. The van der Waals surface area contributed by atoms with Gasteiger partial charge in [0.1, 0.15) is 11.5 Å². The molecule has 1 aliphatic heterocycles. The van der Waals surface area contributed by atoms with E-state index in [2.05, 4.69) is 17.0 Å². The van der Waals surface area contributed by atoms with Crippen LogP contribution in [0.4, 0.5) is 0 Å². The van der Waals surface area contributed by atoms with Crippen molar-refractivity contribution < 1.29 is 0 Å². The van der Waals surface area contributed by atoms with Gasteiger partial charge in [-0.25, -0.2) is 0 Å². The molecule has 0 radical (unpaired) electrons. The van der Waals surface area contributed by atoms with Crippen LogP contribution in [0.2, 0.25) is 5.02 Å². The minimum atomic E-state index is 0.359. The van der Waals surface area contributed by atoms with E-state index in [4.69, 9.17) is 17.0 Å². The van der Waals surface area contributed by atoms with Gasteiger partial charge in [0.15, 0.2) is 0 Å². The molecule has 108 valence electrons. The normalized spacial score (nSPS) is 15.1. The van der Waals surface area contributed by atoms with E-state index in [1.165, 1.54) is 0 Å². The Hall–Kier alpha value is -1.07. The lowest BCUT2D eigenvalue weighted by Gasteiger charge is -2.13. The van der Waals surface area contributed by atoms with Crippen LogP contribution >= 0.6 is 11.6 Å². The first kappa shape index (κ1) is 16.0. The molecule has 1 aromatic rings. The third-order valence-corrected chi connectivity index (χ3v) is 3.39. The van der Waals surface area contributed by atoms with Crippen molar-refractivity contribution in [2.24, 2.45) is 0 Å². The van der Waals surface area contributed by atoms with Gasteiger partial charge in [-0.15, -0.1) is 0 Å². The molecule has 0 saturated carbocycles.